The van der Waals surface area contributed by atoms with Gasteiger partial charge < -0.3 is 49.8 Å². The summed E-state index contributed by atoms with van der Waals surface area (Å²) in [7, 11) is -4.09. The van der Waals surface area contributed by atoms with Crippen molar-refractivity contribution in [3.8, 4) is 28.4 Å². The second-order valence-corrected chi connectivity index (χ2v) is 13.5. The van der Waals surface area contributed by atoms with Crippen molar-refractivity contribution in [1.82, 2.24) is 19.7 Å². The first kappa shape index (κ1) is 33.6. The number of pyridine rings is 1. The minimum absolute atomic E-state index is 0.101. The van der Waals surface area contributed by atoms with Crippen LogP contribution < -0.4 is 9.46 Å². The van der Waals surface area contributed by atoms with Gasteiger partial charge in [0.15, 0.2) is 11.8 Å². The van der Waals surface area contributed by atoms with Crippen LogP contribution in [-0.4, -0.2) is 129 Å². The number of aliphatic hydroxyl groups is 6. The molecule has 0 saturated carbocycles. The van der Waals surface area contributed by atoms with E-state index < -0.39 is 72.0 Å². The number of aromatic amines is 1. The summed E-state index contributed by atoms with van der Waals surface area (Å²) in [6.45, 7) is -1.06. The van der Waals surface area contributed by atoms with Gasteiger partial charge in [0.25, 0.3) is 6.01 Å². The van der Waals surface area contributed by atoms with E-state index in [4.69, 9.17) is 30.9 Å². The van der Waals surface area contributed by atoms with E-state index in [9.17, 15) is 34.0 Å². The molecule has 0 spiro atoms. The predicted molar refractivity (Wildman–Crippen MR) is 166 cm³/mol. The number of ether oxygens (including phenoxy) is 3. The SMILES string of the molecule is O=S(=O)(NC[C@H](O)[C@@H](O)[C@H](O)[C@H](O)CO)c1ccc(-c2ccc(-c3nc4nc(O[C@@H]5CO[C@H]6[C@@H]5OC[C@H]6O)[nH]c4cc3Cl)cc2)cc1. The maximum atomic E-state index is 12.7. The number of nitrogens with zero attached hydrogens (tertiary/aromatic N) is 2. The Morgan fingerprint density at radius 2 is 1.53 bits per heavy atom. The van der Waals surface area contributed by atoms with Crippen LogP contribution in [0.15, 0.2) is 59.5 Å². The number of hydrogen-bond donors (Lipinski definition) is 8. The summed E-state index contributed by atoms with van der Waals surface area (Å²) in [5, 5.41) is 58.3. The highest BCUT2D eigenvalue weighted by molar-refractivity contribution is 7.89. The highest BCUT2D eigenvalue weighted by atomic mass is 35.5. The molecule has 0 amide bonds. The van der Waals surface area contributed by atoms with Gasteiger partial charge in [-0.05, 0) is 29.3 Å². The number of aliphatic hydroxyl groups excluding tert-OH is 6. The van der Waals surface area contributed by atoms with Crippen molar-refractivity contribution in [2.24, 2.45) is 0 Å². The third kappa shape index (κ3) is 6.99. The Morgan fingerprint density at radius 1 is 0.915 bits per heavy atom. The highest BCUT2D eigenvalue weighted by Crippen LogP contribution is 2.33. The molecule has 2 aliphatic rings. The lowest BCUT2D eigenvalue weighted by Gasteiger charge is -2.25. The molecule has 6 rings (SSSR count). The molecule has 47 heavy (non-hydrogen) atoms. The molecule has 2 aliphatic heterocycles. The van der Waals surface area contributed by atoms with Crippen LogP contribution in [0.1, 0.15) is 0 Å². The summed E-state index contributed by atoms with van der Waals surface area (Å²) in [6.07, 6.45) is -9.17. The van der Waals surface area contributed by atoms with Crippen molar-refractivity contribution in [3.05, 3.63) is 59.6 Å². The number of imidazole rings is 1. The lowest BCUT2D eigenvalue weighted by molar-refractivity contribution is -0.113. The molecule has 17 heteroatoms. The molecule has 2 fully saturated rings. The number of nitrogens with one attached hydrogen (secondary N) is 2. The number of H-pyrrole nitrogens is 1. The number of rotatable bonds is 12. The second kappa shape index (κ2) is 13.7. The van der Waals surface area contributed by atoms with Crippen molar-refractivity contribution in [2.45, 2.75) is 53.7 Å². The van der Waals surface area contributed by atoms with Crippen LogP contribution in [0.5, 0.6) is 6.01 Å². The maximum Gasteiger partial charge on any atom is 0.296 e. The molecule has 0 radical (unpaired) electrons. The molecule has 4 heterocycles. The predicted octanol–water partition coefficient (Wildman–Crippen LogP) is -0.435. The minimum atomic E-state index is -4.09. The van der Waals surface area contributed by atoms with E-state index in [0.717, 1.165) is 5.56 Å². The van der Waals surface area contributed by atoms with Crippen molar-refractivity contribution < 1.29 is 53.3 Å². The summed E-state index contributed by atoms with van der Waals surface area (Å²) >= 11 is 6.58. The minimum Gasteiger partial charge on any atom is -0.456 e. The molecular formula is C30H33ClN4O11S. The largest absolute Gasteiger partial charge is 0.456 e. The topological polar surface area (TPSA) is 237 Å². The molecule has 8 N–H and O–H groups in total. The van der Waals surface area contributed by atoms with Crippen LogP contribution >= 0.6 is 11.6 Å². The highest BCUT2D eigenvalue weighted by Gasteiger charge is 2.48. The Kier molecular flexibility index (Phi) is 9.80. The number of fused-ring (bicyclic) bond motifs is 2. The van der Waals surface area contributed by atoms with Crippen LogP contribution in [0.3, 0.4) is 0 Å². The molecular weight excluding hydrogens is 660 g/mol. The van der Waals surface area contributed by atoms with E-state index in [1.165, 1.54) is 12.1 Å². The number of halogens is 1. The van der Waals surface area contributed by atoms with E-state index >= 15 is 0 Å². The van der Waals surface area contributed by atoms with Gasteiger partial charge in [-0.3, -0.25) is 0 Å². The molecule has 0 unspecified atom stereocenters. The van der Waals surface area contributed by atoms with E-state index in [1.807, 2.05) is 24.3 Å². The lowest BCUT2D eigenvalue weighted by Crippen LogP contribution is -2.49. The number of benzene rings is 2. The van der Waals surface area contributed by atoms with Gasteiger partial charge in [0.2, 0.25) is 10.0 Å². The Balaban J connectivity index is 1.11. The number of aromatic nitrogens is 3. The molecule has 252 valence electrons. The summed E-state index contributed by atoms with van der Waals surface area (Å²) in [5.74, 6) is 0. The average molecular weight is 693 g/mol. The lowest BCUT2D eigenvalue weighted by atomic mass is 10.0. The first-order valence-corrected chi connectivity index (χ1v) is 16.5. The summed E-state index contributed by atoms with van der Waals surface area (Å²) in [5.41, 5.74) is 3.66. The van der Waals surface area contributed by atoms with Crippen LogP contribution in [-0.2, 0) is 19.5 Å². The maximum absolute atomic E-state index is 12.7. The van der Waals surface area contributed by atoms with E-state index in [-0.39, 0.29) is 24.1 Å². The summed E-state index contributed by atoms with van der Waals surface area (Å²) in [6, 6.07) is 15.2. The third-order valence-electron chi connectivity index (χ3n) is 8.11. The zero-order chi connectivity index (χ0) is 33.5. The van der Waals surface area contributed by atoms with Crippen LogP contribution in [0, 0.1) is 0 Å². The fraction of sp³-hybridized carbons (Fsp3) is 0.400. The van der Waals surface area contributed by atoms with Gasteiger partial charge >= 0.3 is 0 Å². The van der Waals surface area contributed by atoms with Gasteiger partial charge in [-0.1, -0.05) is 48.0 Å². The van der Waals surface area contributed by atoms with Crippen molar-refractivity contribution in [3.63, 3.8) is 0 Å². The monoisotopic (exact) mass is 692 g/mol. The fourth-order valence-corrected chi connectivity index (χ4v) is 6.76. The van der Waals surface area contributed by atoms with E-state index in [1.54, 1.807) is 18.2 Å². The van der Waals surface area contributed by atoms with Crippen molar-refractivity contribution in [2.75, 3.05) is 26.4 Å². The molecule has 0 bridgehead atoms. The number of sulfonamides is 1. The molecule has 0 aliphatic carbocycles. The first-order chi connectivity index (χ1) is 22.4. The van der Waals surface area contributed by atoms with E-state index in [0.29, 0.717) is 33.0 Å². The van der Waals surface area contributed by atoms with Gasteiger partial charge in [0.1, 0.15) is 36.6 Å². The number of hydrogen-bond acceptors (Lipinski definition) is 13. The Labute approximate surface area is 273 Å². The van der Waals surface area contributed by atoms with Gasteiger partial charge in [0, 0.05) is 12.1 Å². The zero-order valence-electron chi connectivity index (χ0n) is 24.5. The third-order valence-corrected chi connectivity index (χ3v) is 9.84. The molecule has 2 aromatic heterocycles. The standard InChI is InChI=1S/C30H33ClN4O11S/c31-18-9-19-29(35-30(33-19)46-23-13-45-27-22(39)12-44-28(23)27)34-24(18)16-3-1-14(2-4-16)15-5-7-17(8-6-15)47(42,43)32-10-20(37)25(40)26(41)21(38)11-36/h1-9,20-23,25-28,32,36-41H,10-13H2,(H,33,34,35)/t20-,21+,22+,23+,25+,26+,27+,28+/m0/s1. The molecule has 4 aromatic rings. The van der Waals surface area contributed by atoms with Crippen LogP contribution in [0.2, 0.25) is 5.02 Å². The average Bonchev–Trinajstić information content (AvgIpc) is 3.78. The normalized spacial score (nSPS) is 23.8. The summed E-state index contributed by atoms with van der Waals surface area (Å²) < 4.78 is 44.8. The van der Waals surface area contributed by atoms with Crippen molar-refractivity contribution in [1.29, 1.82) is 0 Å². The molecule has 2 saturated heterocycles. The first-order valence-electron chi connectivity index (χ1n) is 14.6. The Bertz CT molecular complexity index is 1810. The van der Waals surface area contributed by atoms with Crippen molar-refractivity contribution >= 4 is 32.8 Å². The Morgan fingerprint density at radius 3 is 2.21 bits per heavy atom. The van der Waals surface area contributed by atoms with Gasteiger partial charge in [-0.2, -0.15) is 4.98 Å². The smallest absolute Gasteiger partial charge is 0.296 e. The quantitative estimate of drug-likeness (QED) is 0.0942. The molecule has 2 aromatic carbocycles. The van der Waals surface area contributed by atoms with E-state index in [2.05, 4.69) is 19.7 Å². The Hall–Kier alpha value is -3.26. The second-order valence-electron chi connectivity index (χ2n) is 11.3. The summed E-state index contributed by atoms with van der Waals surface area (Å²) in [4.78, 5) is 12.0. The van der Waals surface area contributed by atoms with Gasteiger partial charge in [-0.15, -0.1) is 0 Å². The molecule has 15 nitrogen and oxygen atoms in total. The fourth-order valence-electron chi connectivity index (χ4n) is 5.45. The van der Waals surface area contributed by atoms with Gasteiger partial charge in [-0.25, -0.2) is 18.1 Å². The van der Waals surface area contributed by atoms with Gasteiger partial charge in [0.05, 0.1) is 47.1 Å². The molecule has 8 atom stereocenters. The van der Waals surface area contributed by atoms with Crippen LogP contribution in [0.25, 0.3) is 33.5 Å². The zero-order valence-corrected chi connectivity index (χ0v) is 26.1. The van der Waals surface area contributed by atoms with Crippen LogP contribution in [0.4, 0.5) is 0 Å².